The highest BCUT2D eigenvalue weighted by Crippen LogP contribution is 2.35. The van der Waals surface area contributed by atoms with E-state index in [9.17, 15) is 14.4 Å². The molecule has 2 aliphatic heterocycles. The van der Waals surface area contributed by atoms with E-state index < -0.39 is 0 Å². The predicted molar refractivity (Wildman–Crippen MR) is 209 cm³/mol. The Morgan fingerprint density at radius 2 is 1.50 bits per heavy atom. The Morgan fingerprint density at radius 1 is 0.788 bits per heavy atom. The zero-order valence-electron chi connectivity index (χ0n) is 30.8. The highest BCUT2D eigenvalue weighted by Gasteiger charge is 2.30. The van der Waals surface area contributed by atoms with Crippen LogP contribution in [0, 0.1) is 6.92 Å². The number of hydrogen-bond donors (Lipinski definition) is 1. The molecule has 4 aromatic carbocycles. The Hall–Kier alpha value is -5.19. The monoisotopic (exact) mass is 702 g/mol. The number of hydrogen-bond acceptors (Lipinski definition) is 7. The summed E-state index contributed by atoms with van der Waals surface area (Å²) in [6.45, 7) is 7.88. The lowest BCUT2D eigenvalue weighted by Gasteiger charge is -2.34. The number of nitrogens with zero attached hydrogens (tertiary/aromatic N) is 5. The molecule has 0 spiro atoms. The highest BCUT2D eigenvalue weighted by atomic mass is 16.5. The van der Waals surface area contributed by atoms with E-state index >= 15 is 0 Å². The third kappa shape index (κ3) is 8.81. The van der Waals surface area contributed by atoms with Gasteiger partial charge in [0.15, 0.2) is 0 Å². The molecule has 1 N–H and O–H groups in total. The average Bonchev–Trinajstić information content (AvgIpc) is 3.33. The van der Waals surface area contributed by atoms with Crippen molar-refractivity contribution >= 4 is 34.8 Å². The molecular weight excluding hydrogens is 652 g/mol. The number of rotatable bonds is 11. The summed E-state index contributed by atoms with van der Waals surface area (Å²) in [7, 11) is 6.10. The van der Waals surface area contributed by atoms with Gasteiger partial charge in [0.25, 0.3) is 11.8 Å². The molecular formula is C42H50N6O4. The van der Waals surface area contributed by atoms with Gasteiger partial charge in [-0.1, -0.05) is 60.2 Å². The predicted octanol–water partition coefficient (Wildman–Crippen LogP) is 5.88. The van der Waals surface area contributed by atoms with Crippen LogP contribution in [-0.4, -0.2) is 113 Å². The van der Waals surface area contributed by atoms with Crippen LogP contribution in [0.15, 0.2) is 91.0 Å². The summed E-state index contributed by atoms with van der Waals surface area (Å²) in [6, 6.07) is 28.7. The summed E-state index contributed by atoms with van der Waals surface area (Å²) >= 11 is 0. The number of amides is 3. The molecule has 10 heteroatoms. The second-order valence-electron chi connectivity index (χ2n) is 14.0. The summed E-state index contributed by atoms with van der Waals surface area (Å²) < 4.78 is 6.31. The van der Waals surface area contributed by atoms with Gasteiger partial charge in [0, 0.05) is 63.1 Å². The van der Waals surface area contributed by atoms with Gasteiger partial charge < -0.3 is 34.6 Å². The second kappa shape index (κ2) is 16.9. The SMILES string of the molecule is Cc1ccc(-c2ccccc2C(=O)Nc2ccc(C(=O)N3CCCN(CC(=O)N4CCN(C)CC4)c4ccccc43)c(OCCCN(C)C)c2)cc1. The summed E-state index contributed by atoms with van der Waals surface area (Å²) in [5.41, 5.74) is 6.08. The molecule has 0 unspecified atom stereocenters. The molecule has 4 aromatic rings. The largest absolute Gasteiger partial charge is 0.493 e. The average molecular weight is 703 g/mol. The van der Waals surface area contributed by atoms with Crippen molar-refractivity contribution < 1.29 is 19.1 Å². The molecule has 2 heterocycles. The first kappa shape index (κ1) is 36.6. The summed E-state index contributed by atoms with van der Waals surface area (Å²) in [6.07, 6.45) is 1.47. The quantitative estimate of drug-likeness (QED) is 0.196. The van der Waals surface area contributed by atoms with Gasteiger partial charge in [0.1, 0.15) is 5.75 Å². The van der Waals surface area contributed by atoms with Gasteiger partial charge in [-0.15, -0.1) is 0 Å². The van der Waals surface area contributed by atoms with Gasteiger partial charge in [0.2, 0.25) is 5.91 Å². The molecule has 0 saturated carbocycles. The molecule has 272 valence electrons. The van der Waals surface area contributed by atoms with Crippen molar-refractivity contribution in [1.29, 1.82) is 0 Å². The minimum atomic E-state index is -0.249. The van der Waals surface area contributed by atoms with Crippen LogP contribution in [0.25, 0.3) is 11.1 Å². The standard InChI is InChI=1S/C42H50N6O4/c1-31-15-17-32(18-16-31)34-11-5-6-12-35(34)41(50)43-33-19-20-36(39(29-33)52-28-10-21-44(2)3)42(51)48-23-9-22-47(37-13-7-8-14-38(37)48)30-40(49)46-26-24-45(4)25-27-46/h5-8,11-20,29H,9-10,21-28,30H2,1-4H3,(H,43,50). The van der Waals surface area contributed by atoms with Crippen LogP contribution in [0.5, 0.6) is 5.75 Å². The van der Waals surface area contributed by atoms with Crippen molar-refractivity contribution in [3.63, 3.8) is 0 Å². The van der Waals surface area contributed by atoms with E-state index in [1.165, 1.54) is 0 Å². The Kier molecular flexibility index (Phi) is 11.9. The lowest BCUT2D eigenvalue weighted by atomic mass is 9.98. The van der Waals surface area contributed by atoms with Crippen LogP contribution in [0.3, 0.4) is 0 Å². The van der Waals surface area contributed by atoms with Crippen LogP contribution in [0.1, 0.15) is 39.1 Å². The molecule has 3 amide bonds. The van der Waals surface area contributed by atoms with Gasteiger partial charge in [0.05, 0.1) is 30.1 Å². The van der Waals surface area contributed by atoms with Crippen LogP contribution in [-0.2, 0) is 4.79 Å². The molecule has 0 bridgehead atoms. The fourth-order valence-electron chi connectivity index (χ4n) is 6.78. The number of ether oxygens (including phenoxy) is 1. The van der Waals surface area contributed by atoms with E-state index in [2.05, 4.69) is 27.1 Å². The van der Waals surface area contributed by atoms with Crippen molar-refractivity contribution in [3.8, 4) is 16.9 Å². The number of fused-ring (bicyclic) bond motifs is 1. The number of anilines is 3. The Balaban J connectivity index is 1.25. The zero-order chi connectivity index (χ0) is 36.6. The van der Waals surface area contributed by atoms with Crippen LogP contribution < -0.4 is 19.9 Å². The van der Waals surface area contributed by atoms with Gasteiger partial charge >= 0.3 is 0 Å². The molecule has 10 nitrogen and oxygen atoms in total. The summed E-state index contributed by atoms with van der Waals surface area (Å²) in [5, 5.41) is 3.06. The van der Waals surface area contributed by atoms with E-state index in [1.807, 2.05) is 98.7 Å². The van der Waals surface area contributed by atoms with Gasteiger partial charge in [-0.3, -0.25) is 14.4 Å². The first-order chi connectivity index (χ1) is 25.2. The third-order valence-electron chi connectivity index (χ3n) is 9.76. The van der Waals surface area contributed by atoms with Crippen molar-refractivity contribution in [2.24, 2.45) is 0 Å². The summed E-state index contributed by atoms with van der Waals surface area (Å²) in [5.74, 6) is 0.0822. The van der Waals surface area contributed by atoms with Crippen molar-refractivity contribution in [2.45, 2.75) is 19.8 Å². The number of likely N-dealkylation sites (N-methyl/N-ethyl adjacent to an activating group) is 1. The van der Waals surface area contributed by atoms with E-state index in [-0.39, 0.29) is 24.3 Å². The fraction of sp³-hybridized carbons (Fsp3) is 0.357. The minimum absolute atomic E-state index is 0.107. The molecule has 0 aliphatic carbocycles. The number of aryl methyl sites for hydroxylation is 1. The highest BCUT2D eigenvalue weighted by molar-refractivity contribution is 6.11. The van der Waals surface area contributed by atoms with Crippen molar-refractivity contribution in [1.82, 2.24) is 14.7 Å². The molecule has 1 saturated heterocycles. The Labute approximate surface area is 307 Å². The first-order valence-electron chi connectivity index (χ1n) is 18.2. The molecule has 52 heavy (non-hydrogen) atoms. The lowest BCUT2D eigenvalue weighted by molar-refractivity contribution is -0.131. The topological polar surface area (TPSA) is 88.7 Å². The normalized spacial score (nSPS) is 14.9. The number of carbonyl (C=O) groups is 3. The second-order valence-corrected chi connectivity index (χ2v) is 14.0. The number of para-hydroxylation sites is 2. The van der Waals surface area contributed by atoms with Crippen molar-refractivity contribution in [3.05, 3.63) is 108 Å². The smallest absolute Gasteiger partial charge is 0.262 e. The molecule has 1 fully saturated rings. The Bertz CT molecular complexity index is 1870. The maximum atomic E-state index is 14.5. The maximum Gasteiger partial charge on any atom is 0.262 e. The van der Waals surface area contributed by atoms with Gasteiger partial charge in [-0.05, 0) is 82.4 Å². The molecule has 0 radical (unpaired) electrons. The number of piperazine rings is 1. The van der Waals surface area contributed by atoms with Crippen molar-refractivity contribution in [2.75, 3.05) is 95.2 Å². The molecule has 6 rings (SSSR count). The number of benzene rings is 4. The van der Waals surface area contributed by atoms with Crippen LogP contribution in [0.2, 0.25) is 0 Å². The minimum Gasteiger partial charge on any atom is -0.493 e. The molecule has 0 aromatic heterocycles. The maximum absolute atomic E-state index is 14.5. The van der Waals surface area contributed by atoms with Crippen LogP contribution >= 0.6 is 0 Å². The summed E-state index contributed by atoms with van der Waals surface area (Å²) in [4.78, 5) is 51.8. The molecule has 0 atom stereocenters. The first-order valence-corrected chi connectivity index (χ1v) is 18.2. The zero-order valence-corrected chi connectivity index (χ0v) is 30.8. The number of nitrogens with one attached hydrogen (secondary N) is 1. The van der Waals surface area contributed by atoms with E-state index in [4.69, 9.17) is 4.74 Å². The van der Waals surface area contributed by atoms with E-state index in [1.54, 1.807) is 23.1 Å². The van der Waals surface area contributed by atoms with Gasteiger partial charge in [-0.25, -0.2) is 0 Å². The molecule has 2 aliphatic rings. The third-order valence-corrected chi connectivity index (χ3v) is 9.76. The lowest BCUT2D eigenvalue weighted by Crippen LogP contribution is -2.50. The number of carbonyl (C=O) groups excluding carboxylic acids is 3. The van der Waals surface area contributed by atoms with Crippen LogP contribution in [0.4, 0.5) is 17.1 Å². The van der Waals surface area contributed by atoms with Gasteiger partial charge in [-0.2, -0.15) is 0 Å². The Morgan fingerprint density at radius 3 is 2.25 bits per heavy atom. The van der Waals surface area contributed by atoms with E-state index in [0.29, 0.717) is 48.7 Å². The fourth-order valence-corrected chi connectivity index (χ4v) is 6.78. The van der Waals surface area contributed by atoms with E-state index in [0.717, 1.165) is 67.2 Å².